The molecule has 2 atom stereocenters. The first-order valence-corrected chi connectivity index (χ1v) is 7.78. The van der Waals surface area contributed by atoms with E-state index in [0.717, 1.165) is 12.8 Å². The Bertz CT molecular complexity index is 353. The zero-order chi connectivity index (χ0) is 16.4. The molecule has 0 aromatic carbocycles. The molecule has 0 saturated carbocycles. The molecule has 0 fully saturated rings. The van der Waals surface area contributed by atoms with Crippen LogP contribution in [0.15, 0.2) is 0 Å². The van der Waals surface area contributed by atoms with Gasteiger partial charge in [-0.1, -0.05) is 13.8 Å². The highest BCUT2D eigenvalue weighted by molar-refractivity contribution is 5.92. The van der Waals surface area contributed by atoms with Gasteiger partial charge in [-0.05, 0) is 45.1 Å². The average Bonchev–Trinajstić information content (AvgIpc) is 2.35. The topological polar surface area (TPSA) is 89.3 Å². The predicted octanol–water partition coefficient (Wildman–Crippen LogP) is 1.83. The zero-order valence-electron chi connectivity index (χ0n) is 13.8. The standard InChI is InChI=1S/C16H30N2O3/c1-11(2)9-14(12(3)19)10-16(21)15(18-13(4)20)7-5-6-8-17/h11,14-15H,5-10,17H2,1-4H3,(H,18,20)/t14-,15+/m1/s1. The molecular weight excluding hydrogens is 268 g/mol. The van der Waals surface area contributed by atoms with Crippen molar-refractivity contribution in [3.05, 3.63) is 0 Å². The van der Waals surface area contributed by atoms with Crippen LogP contribution in [0, 0.1) is 11.8 Å². The van der Waals surface area contributed by atoms with Gasteiger partial charge in [-0.3, -0.25) is 14.4 Å². The molecule has 0 spiro atoms. The Hall–Kier alpha value is -1.23. The first-order valence-electron chi connectivity index (χ1n) is 7.78. The van der Waals surface area contributed by atoms with Gasteiger partial charge in [-0.2, -0.15) is 0 Å². The number of nitrogens with two attached hydrogens (primary N) is 1. The number of hydrogen-bond acceptors (Lipinski definition) is 4. The Labute approximate surface area is 128 Å². The van der Waals surface area contributed by atoms with Crippen molar-refractivity contribution in [1.82, 2.24) is 5.32 Å². The molecule has 0 heterocycles. The van der Waals surface area contributed by atoms with Gasteiger partial charge in [-0.25, -0.2) is 0 Å². The maximum absolute atomic E-state index is 12.4. The van der Waals surface area contributed by atoms with E-state index < -0.39 is 6.04 Å². The SMILES string of the molecule is CC(=O)N[C@@H](CCCCN)C(=O)C[C@@H](CC(C)C)C(C)=O. The lowest BCUT2D eigenvalue weighted by Crippen LogP contribution is -2.41. The molecule has 0 bridgehead atoms. The molecule has 0 aliphatic heterocycles. The van der Waals surface area contributed by atoms with Gasteiger partial charge < -0.3 is 11.1 Å². The summed E-state index contributed by atoms with van der Waals surface area (Å²) >= 11 is 0. The molecule has 0 rings (SSSR count). The second kappa shape index (κ2) is 10.5. The molecule has 0 aromatic heterocycles. The maximum atomic E-state index is 12.4. The van der Waals surface area contributed by atoms with Crippen molar-refractivity contribution in [2.75, 3.05) is 6.54 Å². The van der Waals surface area contributed by atoms with E-state index in [1.807, 2.05) is 13.8 Å². The number of carbonyl (C=O) groups is 3. The summed E-state index contributed by atoms with van der Waals surface area (Å²) in [6.07, 6.45) is 3.12. The maximum Gasteiger partial charge on any atom is 0.217 e. The number of rotatable bonds is 11. The van der Waals surface area contributed by atoms with Crippen LogP contribution in [0.5, 0.6) is 0 Å². The second-order valence-electron chi connectivity index (χ2n) is 6.15. The number of ketones is 2. The largest absolute Gasteiger partial charge is 0.347 e. The summed E-state index contributed by atoms with van der Waals surface area (Å²) in [5.74, 6) is -0.112. The summed E-state index contributed by atoms with van der Waals surface area (Å²) in [5.41, 5.74) is 5.45. The highest BCUT2D eigenvalue weighted by Gasteiger charge is 2.25. The monoisotopic (exact) mass is 298 g/mol. The van der Waals surface area contributed by atoms with Crippen molar-refractivity contribution < 1.29 is 14.4 Å². The Kier molecular flexibility index (Phi) is 9.88. The van der Waals surface area contributed by atoms with E-state index in [9.17, 15) is 14.4 Å². The van der Waals surface area contributed by atoms with Crippen LogP contribution in [0.3, 0.4) is 0 Å². The van der Waals surface area contributed by atoms with E-state index >= 15 is 0 Å². The minimum absolute atomic E-state index is 0.0422. The Balaban J connectivity index is 4.67. The number of nitrogens with one attached hydrogen (secondary N) is 1. The third-order valence-corrected chi connectivity index (χ3v) is 3.49. The quantitative estimate of drug-likeness (QED) is 0.569. The summed E-state index contributed by atoms with van der Waals surface area (Å²) in [6, 6.07) is -0.497. The van der Waals surface area contributed by atoms with Gasteiger partial charge in [0.1, 0.15) is 5.78 Å². The lowest BCUT2D eigenvalue weighted by atomic mass is 9.87. The lowest BCUT2D eigenvalue weighted by molar-refractivity contribution is -0.130. The summed E-state index contributed by atoms with van der Waals surface area (Å²) in [6.45, 7) is 7.58. The van der Waals surface area contributed by atoms with Crippen LogP contribution in [0.25, 0.3) is 0 Å². The lowest BCUT2D eigenvalue weighted by Gasteiger charge is -2.20. The predicted molar refractivity (Wildman–Crippen MR) is 83.8 cm³/mol. The molecule has 0 radical (unpaired) electrons. The van der Waals surface area contributed by atoms with Crippen LogP contribution >= 0.6 is 0 Å². The van der Waals surface area contributed by atoms with Crippen molar-refractivity contribution in [3.63, 3.8) is 0 Å². The molecule has 5 heteroatoms. The summed E-state index contributed by atoms with van der Waals surface area (Å²) in [4.78, 5) is 35.3. The van der Waals surface area contributed by atoms with Crippen LogP contribution in [0.4, 0.5) is 0 Å². The molecule has 1 amide bonds. The minimum atomic E-state index is -0.497. The van der Waals surface area contributed by atoms with Crippen molar-refractivity contribution in [2.45, 2.75) is 65.8 Å². The van der Waals surface area contributed by atoms with E-state index in [-0.39, 0.29) is 29.8 Å². The van der Waals surface area contributed by atoms with E-state index in [2.05, 4.69) is 5.32 Å². The smallest absolute Gasteiger partial charge is 0.217 e. The molecular formula is C16H30N2O3. The van der Waals surface area contributed by atoms with Gasteiger partial charge in [0, 0.05) is 19.3 Å². The van der Waals surface area contributed by atoms with Gasteiger partial charge in [-0.15, -0.1) is 0 Å². The third kappa shape index (κ3) is 9.34. The van der Waals surface area contributed by atoms with E-state index in [1.165, 1.54) is 13.8 Å². The van der Waals surface area contributed by atoms with Crippen LogP contribution < -0.4 is 11.1 Å². The van der Waals surface area contributed by atoms with Gasteiger partial charge in [0.2, 0.25) is 5.91 Å². The number of unbranched alkanes of at least 4 members (excludes halogenated alkanes) is 1. The van der Waals surface area contributed by atoms with Gasteiger partial charge >= 0.3 is 0 Å². The summed E-state index contributed by atoms with van der Waals surface area (Å²) in [7, 11) is 0. The van der Waals surface area contributed by atoms with Crippen molar-refractivity contribution in [1.29, 1.82) is 0 Å². The fraction of sp³-hybridized carbons (Fsp3) is 0.812. The highest BCUT2D eigenvalue weighted by Crippen LogP contribution is 2.18. The molecule has 0 unspecified atom stereocenters. The van der Waals surface area contributed by atoms with Crippen molar-refractivity contribution in [3.8, 4) is 0 Å². The van der Waals surface area contributed by atoms with E-state index in [4.69, 9.17) is 5.73 Å². The second-order valence-corrected chi connectivity index (χ2v) is 6.15. The summed E-state index contributed by atoms with van der Waals surface area (Å²) in [5, 5.41) is 2.70. The number of carbonyl (C=O) groups excluding carboxylic acids is 3. The normalized spacial score (nSPS) is 13.8. The third-order valence-electron chi connectivity index (χ3n) is 3.49. The molecule has 122 valence electrons. The molecule has 5 nitrogen and oxygen atoms in total. The number of hydrogen-bond donors (Lipinski definition) is 2. The first-order chi connectivity index (χ1) is 9.77. The molecule has 3 N–H and O–H groups in total. The Morgan fingerprint density at radius 3 is 2.14 bits per heavy atom. The van der Waals surface area contributed by atoms with Crippen molar-refractivity contribution >= 4 is 17.5 Å². The van der Waals surface area contributed by atoms with E-state index in [0.29, 0.717) is 25.3 Å². The number of Topliss-reactive ketones (excluding diaryl/α,β-unsaturated/α-hetero) is 2. The van der Waals surface area contributed by atoms with Crippen molar-refractivity contribution in [2.24, 2.45) is 17.6 Å². The van der Waals surface area contributed by atoms with Crippen LogP contribution in [0.2, 0.25) is 0 Å². The molecule has 0 saturated heterocycles. The Morgan fingerprint density at radius 1 is 1.10 bits per heavy atom. The molecule has 0 aliphatic carbocycles. The Morgan fingerprint density at radius 2 is 1.71 bits per heavy atom. The van der Waals surface area contributed by atoms with Gasteiger partial charge in [0.05, 0.1) is 6.04 Å². The molecule has 21 heavy (non-hydrogen) atoms. The molecule has 0 aromatic rings. The van der Waals surface area contributed by atoms with Crippen LogP contribution in [0.1, 0.15) is 59.8 Å². The minimum Gasteiger partial charge on any atom is -0.347 e. The zero-order valence-corrected chi connectivity index (χ0v) is 13.8. The fourth-order valence-electron chi connectivity index (χ4n) is 2.40. The highest BCUT2D eigenvalue weighted by atomic mass is 16.2. The van der Waals surface area contributed by atoms with Crippen LogP contribution in [-0.4, -0.2) is 30.1 Å². The average molecular weight is 298 g/mol. The van der Waals surface area contributed by atoms with Crippen LogP contribution in [-0.2, 0) is 14.4 Å². The summed E-state index contributed by atoms with van der Waals surface area (Å²) < 4.78 is 0. The first kappa shape index (κ1) is 19.8. The fourth-order valence-corrected chi connectivity index (χ4v) is 2.40. The van der Waals surface area contributed by atoms with E-state index in [1.54, 1.807) is 0 Å². The molecule has 0 aliphatic rings. The van der Waals surface area contributed by atoms with Gasteiger partial charge in [0.25, 0.3) is 0 Å². The van der Waals surface area contributed by atoms with Gasteiger partial charge in [0.15, 0.2) is 5.78 Å². The number of amides is 1.